The van der Waals surface area contributed by atoms with Crippen LogP contribution in [0.15, 0.2) is 77.7 Å². The maximum Gasteiger partial charge on any atom is 0.173 e. The number of hydrogen-bond donors (Lipinski definition) is 1. The van der Waals surface area contributed by atoms with Gasteiger partial charge in [-0.2, -0.15) is 0 Å². The van der Waals surface area contributed by atoms with Gasteiger partial charge in [0.05, 0.1) is 17.8 Å². The second-order valence-electron chi connectivity index (χ2n) is 5.84. The molecule has 3 rings (SSSR count). The minimum atomic E-state index is -0.0161. The zero-order valence-electron chi connectivity index (χ0n) is 14.9. The van der Waals surface area contributed by atoms with Crippen LogP contribution in [-0.4, -0.2) is 23.8 Å². The molecule has 0 bridgehead atoms. The number of phenolic OH excluding ortho intramolecular Hbond substituents is 1. The summed E-state index contributed by atoms with van der Waals surface area (Å²) in [6, 6.07) is 21.9. The third kappa shape index (κ3) is 5.28. The predicted molar refractivity (Wildman–Crippen MR) is 107 cm³/mol. The summed E-state index contributed by atoms with van der Waals surface area (Å²) in [6.45, 7) is 0.445. The van der Waals surface area contributed by atoms with E-state index < -0.39 is 0 Å². The van der Waals surface area contributed by atoms with Gasteiger partial charge in [0, 0.05) is 5.56 Å². The molecule has 3 aromatic rings. The van der Waals surface area contributed by atoms with Crippen molar-refractivity contribution in [2.45, 2.75) is 11.5 Å². The molecule has 0 atom stereocenters. The predicted octanol–water partition coefficient (Wildman–Crippen LogP) is 4.95. The number of rotatable bonds is 8. The van der Waals surface area contributed by atoms with Crippen molar-refractivity contribution < 1.29 is 19.4 Å². The van der Waals surface area contributed by atoms with Gasteiger partial charge in [0.1, 0.15) is 23.9 Å². The summed E-state index contributed by atoms with van der Waals surface area (Å²) in [5, 5.41) is 10.1. The zero-order valence-corrected chi connectivity index (χ0v) is 15.7. The second-order valence-corrected chi connectivity index (χ2v) is 6.86. The maximum atomic E-state index is 12.4. The molecule has 0 aromatic heterocycles. The molecule has 27 heavy (non-hydrogen) atoms. The van der Waals surface area contributed by atoms with E-state index in [1.54, 1.807) is 49.6 Å². The van der Waals surface area contributed by atoms with E-state index in [2.05, 4.69) is 0 Å². The molecule has 4 nitrogen and oxygen atoms in total. The minimum Gasteiger partial charge on any atom is -0.507 e. The molecule has 0 spiro atoms. The van der Waals surface area contributed by atoms with Crippen LogP contribution >= 0.6 is 11.8 Å². The van der Waals surface area contributed by atoms with Crippen LogP contribution < -0.4 is 9.47 Å². The van der Waals surface area contributed by atoms with E-state index in [4.69, 9.17) is 9.47 Å². The van der Waals surface area contributed by atoms with Gasteiger partial charge in [-0.1, -0.05) is 30.3 Å². The van der Waals surface area contributed by atoms with Crippen molar-refractivity contribution in [1.29, 1.82) is 0 Å². The molecule has 5 heteroatoms. The number of ether oxygens (including phenoxy) is 2. The summed E-state index contributed by atoms with van der Waals surface area (Å²) in [5.41, 5.74) is 1.67. The van der Waals surface area contributed by atoms with E-state index in [9.17, 15) is 9.90 Å². The summed E-state index contributed by atoms with van der Waals surface area (Å²) >= 11 is 1.28. The molecule has 0 aliphatic heterocycles. The lowest BCUT2D eigenvalue weighted by atomic mass is 10.1. The van der Waals surface area contributed by atoms with Crippen molar-refractivity contribution in [2.75, 3.05) is 12.9 Å². The van der Waals surface area contributed by atoms with Crippen LogP contribution in [0.3, 0.4) is 0 Å². The van der Waals surface area contributed by atoms with Crippen LogP contribution in [0.4, 0.5) is 0 Å². The molecule has 0 amide bonds. The van der Waals surface area contributed by atoms with Gasteiger partial charge in [-0.05, 0) is 48.0 Å². The van der Waals surface area contributed by atoms with Crippen LogP contribution in [-0.2, 0) is 6.61 Å². The first-order valence-corrected chi connectivity index (χ1v) is 9.44. The normalized spacial score (nSPS) is 10.4. The van der Waals surface area contributed by atoms with Crippen LogP contribution in [0.25, 0.3) is 0 Å². The van der Waals surface area contributed by atoms with E-state index in [0.717, 1.165) is 5.56 Å². The molecule has 0 aliphatic carbocycles. The number of thioether (sulfide) groups is 1. The van der Waals surface area contributed by atoms with E-state index in [1.807, 2.05) is 30.3 Å². The van der Waals surface area contributed by atoms with Gasteiger partial charge in [-0.3, -0.25) is 4.79 Å². The van der Waals surface area contributed by atoms with Crippen molar-refractivity contribution in [1.82, 2.24) is 0 Å². The number of methoxy groups -OCH3 is 1. The lowest BCUT2D eigenvalue weighted by Crippen LogP contribution is -2.02. The Morgan fingerprint density at radius 1 is 0.963 bits per heavy atom. The molecule has 0 saturated carbocycles. The molecular formula is C22H20O4S. The molecular weight excluding hydrogens is 360 g/mol. The topological polar surface area (TPSA) is 55.8 Å². The molecule has 0 heterocycles. The Labute approximate surface area is 162 Å². The SMILES string of the molecule is COc1ccc(C(=O)CSc2cc(OCc3ccccc3)ccc2O)cc1. The number of benzene rings is 3. The van der Waals surface area contributed by atoms with Gasteiger partial charge >= 0.3 is 0 Å². The second kappa shape index (κ2) is 9.14. The number of carbonyl (C=O) groups excluding carboxylic acids is 1. The van der Waals surface area contributed by atoms with E-state index in [-0.39, 0.29) is 17.3 Å². The Bertz CT molecular complexity index is 892. The van der Waals surface area contributed by atoms with Gasteiger partial charge < -0.3 is 14.6 Å². The highest BCUT2D eigenvalue weighted by Crippen LogP contribution is 2.32. The fourth-order valence-electron chi connectivity index (χ4n) is 2.44. The standard InChI is InChI=1S/C22H20O4S/c1-25-18-9-7-17(8-10-18)21(24)15-27-22-13-19(11-12-20(22)23)26-14-16-5-3-2-4-6-16/h2-13,23H,14-15H2,1H3. The highest BCUT2D eigenvalue weighted by Gasteiger charge is 2.10. The number of aromatic hydroxyl groups is 1. The number of ketones is 1. The Hall–Kier alpha value is -2.92. The summed E-state index contributed by atoms with van der Waals surface area (Å²) in [5.74, 6) is 1.70. The smallest absolute Gasteiger partial charge is 0.173 e. The largest absolute Gasteiger partial charge is 0.507 e. The summed E-state index contributed by atoms with van der Waals surface area (Å²) in [7, 11) is 1.59. The molecule has 3 aromatic carbocycles. The number of hydrogen-bond acceptors (Lipinski definition) is 5. The van der Waals surface area contributed by atoms with Crippen LogP contribution in [0.1, 0.15) is 15.9 Å². The van der Waals surface area contributed by atoms with Crippen LogP contribution in [0.2, 0.25) is 0 Å². The molecule has 138 valence electrons. The third-order valence-electron chi connectivity index (χ3n) is 3.95. The van der Waals surface area contributed by atoms with E-state index in [1.165, 1.54) is 11.8 Å². The highest BCUT2D eigenvalue weighted by atomic mass is 32.2. The fraction of sp³-hybridized carbons (Fsp3) is 0.136. The first-order valence-electron chi connectivity index (χ1n) is 8.45. The highest BCUT2D eigenvalue weighted by molar-refractivity contribution is 8.00. The minimum absolute atomic E-state index is 0.0161. The fourth-order valence-corrected chi connectivity index (χ4v) is 3.31. The Kier molecular flexibility index (Phi) is 6.39. The first-order chi connectivity index (χ1) is 13.2. The Morgan fingerprint density at radius 3 is 2.37 bits per heavy atom. The monoisotopic (exact) mass is 380 g/mol. The molecule has 0 unspecified atom stereocenters. The Morgan fingerprint density at radius 2 is 1.67 bits per heavy atom. The van der Waals surface area contributed by atoms with Crippen LogP contribution in [0.5, 0.6) is 17.2 Å². The van der Waals surface area contributed by atoms with E-state index in [0.29, 0.717) is 28.6 Å². The third-order valence-corrected chi connectivity index (χ3v) is 4.99. The van der Waals surface area contributed by atoms with Crippen LogP contribution in [0, 0.1) is 0 Å². The zero-order chi connectivity index (χ0) is 19.1. The molecule has 0 radical (unpaired) electrons. The maximum absolute atomic E-state index is 12.4. The summed E-state index contributed by atoms with van der Waals surface area (Å²) < 4.78 is 10.9. The molecule has 0 saturated heterocycles. The lowest BCUT2D eigenvalue weighted by molar-refractivity contribution is 0.102. The summed E-state index contributed by atoms with van der Waals surface area (Å²) in [4.78, 5) is 13.0. The van der Waals surface area contributed by atoms with Crippen molar-refractivity contribution in [3.05, 3.63) is 83.9 Å². The number of carbonyl (C=O) groups is 1. The quantitative estimate of drug-likeness (QED) is 0.442. The summed E-state index contributed by atoms with van der Waals surface area (Å²) in [6.07, 6.45) is 0. The van der Waals surface area contributed by atoms with Crippen molar-refractivity contribution in [2.24, 2.45) is 0 Å². The average molecular weight is 380 g/mol. The van der Waals surface area contributed by atoms with Gasteiger partial charge in [0.15, 0.2) is 5.78 Å². The molecule has 0 aliphatic rings. The first kappa shape index (κ1) is 18.9. The lowest BCUT2D eigenvalue weighted by Gasteiger charge is -2.10. The van der Waals surface area contributed by atoms with Crippen molar-refractivity contribution in [3.63, 3.8) is 0 Å². The number of Topliss-reactive ketones (excluding diaryl/α,β-unsaturated/α-hetero) is 1. The van der Waals surface area contributed by atoms with Gasteiger partial charge in [-0.15, -0.1) is 11.8 Å². The molecule has 1 N–H and O–H groups in total. The van der Waals surface area contributed by atoms with Crippen molar-refractivity contribution in [3.8, 4) is 17.2 Å². The van der Waals surface area contributed by atoms with Gasteiger partial charge in [0.25, 0.3) is 0 Å². The van der Waals surface area contributed by atoms with Gasteiger partial charge in [0.2, 0.25) is 0 Å². The molecule has 0 fully saturated rings. The van der Waals surface area contributed by atoms with Crippen molar-refractivity contribution >= 4 is 17.5 Å². The average Bonchev–Trinajstić information content (AvgIpc) is 2.72. The number of phenols is 1. The van der Waals surface area contributed by atoms with E-state index >= 15 is 0 Å². The van der Waals surface area contributed by atoms with Gasteiger partial charge in [-0.25, -0.2) is 0 Å². The Balaban J connectivity index is 1.61.